The fraction of sp³-hybridized carbons (Fsp3) is 0.667. The standard InChI is InChI=1S/C6H10N2O/c1-6(2)3-4(7)8-5(6)9/h3H2,1-2H3,(H2,7,8,9). The highest BCUT2D eigenvalue weighted by molar-refractivity contribution is 6.03. The summed E-state index contributed by atoms with van der Waals surface area (Å²) in [5, 5.41) is 0. The number of rotatable bonds is 0. The van der Waals surface area contributed by atoms with Gasteiger partial charge < -0.3 is 5.73 Å². The minimum Gasteiger partial charge on any atom is -0.387 e. The van der Waals surface area contributed by atoms with Crippen LogP contribution in [0.25, 0.3) is 0 Å². The number of nitrogens with two attached hydrogens (primary N) is 1. The van der Waals surface area contributed by atoms with Gasteiger partial charge in [-0.3, -0.25) is 4.79 Å². The van der Waals surface area contributed by atoms with Crippen LogP contribution >= 0.6 is 0 Å². The Morgan fingerprint density at radius 1 is 1.67 bits per heavy atom. The fourth-order valence-corrected chi connectivity index (χ4v) is 0.850. The molecule has 1 rings (SSSR count). The summed E-state index contributed by atoms with van der Waals surface area (Å²) in [6.07, 6.45) is 0.603. The lowest BCUT2D eigenvalue weighted by Gasteiger charge is -2.10. The normalized spacial score (nSPS) is 24.2. The summed E-state index contributed by atoms with van der Waals surface area (Å²) in [5.74, 6) is 0.366. The van der Waals surface area contributed by atoms with Crippen molar-refractivity contribution in [1.29, 1.82) is 0 Å². The van der Waals surface area contributed by atoms with Gasteiger partial charge in [-0.1, -0.05) is 13.8 Å². The van der Waals surface area contributed by atoms with Crippen LogP contribution in [0.3, 0.4) is 0 Å². The summed E-state index contributed by atoms with van der Waals surface area (Å²) in [6, 6.07) is 0. The first kappa shape index (κ1) is 6.26. The lowest BCUT2D eigenvalue weighted by molar-refractivity contribution is -0.124. The van der Waals surface area contributed by atoms with Crippen molar-refractivity contribution in [2.75, 3.05) is 0 Å². The van der Waals surface area contributed by atoms with Crippen molar-refractivity contribution < 1.29 is 4.79 Å². The molecule has 0 saturated heterocycles. The lowest BCUT2D eigenvalue weighted by Crippen LogP contribution is -2.19. The molecule has 50 valence electrons. The molecule has 0 bridgehead atoms. The van der Waals surface area contributed by atoms with E-state index in [4.69, 9.17) is 5.73 Å². The van der Waals surface area contributed by atoms with E-state index in [1.54, 1.807) is 0 Å². The largest absolute Gasteiger partial charge is 0.387 e. The zero-order valence-electron chi connectivity index (χ0n) is 5.64. The highest BCUT2D eigenvalue weighted by atomic mass is 16.1. The lowest BCUT2D eigenvalue weighted by atomic mass is 9.91. The first-order valence-electron chi connectivity index (χ1n) is 2.90. The number of nitrogens with zero attached hydrogens (tertiary/aromatic N) is 1. The molecule has 0 saturated carbocycles. The van der Waals surface area contributed by atoms with E-state index in [0.717, 1.165) is 0 Å². The first-order chi connectivity index (χ1) is 4.02. The van der Waals surface area contributed by atoms with Gasteiger partial charge in [0.15, 0.2) is 0 Å². The highest BCUT2D eigenvalue weighted by Crippen LogP contribution is 2.26. The predicted octanol–water partition coefficient (Wildman–Crippen LogP) is 0.300. The van der Waals surface area contributed by atoms with Crippen LogP contribution in [0.4, 0.5) is 0 Å². The topological polar surface area (TPSA) is 55.4 Å². The zero-order valence-corrected chi connectivity index (χ0v) is 5.64. The van der Waals surface area contributed by atoms with Gasteiger partial charge in [-0.25, -0.2) is 4.99 Å². The van der Waals surface area contributed by atoms with Gasteiger partial charge in [0.2, 0.25) is 0 Å². The maximum atomic E-state index is 10.8. The molecular weight excluding hydrogens is 116 g/mol. The summed E-state index contributed by atoms with van der Waals surface area (Å²) in [5.41, 5.74) is 4.99. The number of amides is 1. The minimum atomic E-state index is -0.343. The smallest absolute Gasteiger partial charge is 0.253 e. The number of hydrogen-bond donors (Lipinski definition) is 1. The predicted molar refractivity (Wildman–Crippen MR) is 35.0 cm³/mol. The zero-order chi connectivity index (χ0) is 7.07. The molecule has 0 spiro atoms. The summed E-state index contributed by atoms with van der Waals surface area (Å²) < 4.78 is 0. The molecule has 1 amide bonds. The van der Waals surface area contributed by atoms with E-state index in [-0.39, 0.29) is 11.3 Å². The summed E-state index contributed by atoms with van der Waals surface area (Å²) >= 11 is 0. The molecule has 3 heteroatoms. The van der Waals surface area contributed by atoms with Crippen LogP contribution in [-0.4, -0.2) is 11.7 Å². The van der Waals surface area contributed by atoms with Gasteiger partial charge >= 0.3 is 0 Å². The molecular formula is C6H10N2O. The number of carbonyl (C=O) groups is 1. The minimum absolute atomic E-state index is 0.0972. The van der Waals surface area contributed by atoms with Crippen molar-refractivity contribution in [1.82, 2.24) is 0 Å². The Kier molecular flexibility index (Phi) is 1.08. The SMILES string of the molecule is CC1(C)CC(N)=NC1=O. The summed E-state index contributed by atoms with van der Waals surface area (Å²) in [7, 11) is 0. The number of amidine groups is 1. The Balaban J connectivity index is 2.84. The molecule has 0 aliphatic carbocycles. The second-order valence-electron chi connectivity index (χ2n) is 2.97. The molecule has 0 atom stereocenters. The van der Waals surface area contributed by atoms with Crippen LogP contribution in [0.2, 0.25) is 0 Å². The molecule has 9 heavy (non-hydrogen) atoms. The van der Waals surface area contributed by atoms with Crippen molar-refractivity contribution in [3.05, 3.63) is 0 Å². The molecule has 2 N–H and O–H groups in total. The molecule has 0 aromatic rings. The summed E-state index contributed by atoms with van der Waals surface area (Å²) in [4.78, 5) is 14.4. The van der Waals surface area contributed by atoms with E-state index in [1.807, 2.05) is 13.8 Å². The van der Waals surface area contributed by atoms with E-state index < -0.39 is 0 Å². The molecule has 0 radical (unpaired) electrons. The number of aliphatic imine (C=N–C) groups is 1. The van der Waals surface area contributed by atoms with Gasteiger partial charge in [0.05, 0.1) is 5.41 Å². The molecule has 1 aliphatic rings. The van der Waals surface area contributed by atoms with Gasteiger partial charge in [-0.05, 0) is 0 Å². The van der Waals surface area contributed by atoms with E-state index in [1.165, 1.54) is 0 Å². The number of hydrogen-bond acceptors (Lipinski definition) is 2. The molecule has 1 heterocycles. The van der Waals surface area contributed by atoms with E-state index in [0.29, 0.717) is 12.3 Å². The van der Waals surface area contributed by atoms with Crippen LogP contribution < -0.4 is 5.73 Å². The van der Waals surface area contributed by atoms with E-state index in [9.17, 15) is 4.79 Å². The number of carbonyl (C=O) groups excluding carboxylic acids is 1. The Bertz CT molecular complexity index is 181. The van der Waals surface area contributed by atoms with Crippen molar-refractivity contribution in [3.8, 4) is 0 Å². The maximum absolute atomic E-state index is 10.8. The van der Waals surface area contributed by atoms with Crippen LogP contribution in [0.15, 0.2) is 4.99 Å². The molecule has 0 aromatic carbocycles. The summed E-state index contributed by atoms with van der Waals surface area (Å²) in [6.45, 7) is 3.69. The quantitative estimate of drug-likeness (QED) is 0.507. The molecule has 3 nitrogen and oxygen atoms in total. The average molecular weight is 126 g/mol. The highest BCUT2D eigenvalue weighted by Gasteiger charge is 2.33. The van der Waals surface area contributed by atoms with Gasteiger partial charge in [0.1, 0.15) is 5.84 Å². The van der Waals surface area contributed by atoms with Crippen LogP contribution in [0, 0.1) is 5.41 Å². The van der Waals surface area contributed by atoms with Gasteiger partial charge in [0.25, 0.3) is 5.91 Å². The van der Waals surface area contributed by atoms with Crippen LogP contribution in [-0.2, 0) is 4.79 Å². The molecule has 0 aromatic heterocycles. The van der Waals surface area contributed by atoms with Gasteiger partial charge in [-0.2, -0.15) is 0 Å². The van der Waals surface area contributed by atoms with Crippen LogP contribution in [0.5, 0.6) is 0 Å². The van der Waals surface area contributed by atoms with Crippen molar-refractivity contribution in [3.63, 3.8) is 0 Å². The van der Waals surface area contributed by atoms with E-state index in [2.05, 4.69) is 4.99 Å². The second-order valence-corrected chi connectivity index (χ2v) is 2.97. The molecule has 1 aliphatic heterocycles. The van der Waals surface area contributed by atoms with Crippen LogP contribution in [0.1, 0.15) is 20.3 Å². The molecule has 0 fully saturated rings. The average Bonchev–Trinajstić information content (AvgIpc) is 1.79. The van der Waals surface area contributed by atoms with Crippen molar-refractivity contribution >= 4 is 11.7 Å². The third-order valence-electron chi connectivity index (χ3n) is 1.45. The second kappa shape index (κ2) is 1.56. The van der Waals surface area contributed by atoms with E-state index >= 15 is 0 Å². The Morgan fingerprint density at radius 3 is 2.33 bits per heavy atom. The first-order valence-corrected chi connectivity index (χ1v) is 2.90. The Morgan fingerprint density at radius 2 is 2.22 bits per heavy atom. The maximum Gasteiger partial charge on any atom is 0.253 e. The molecule has 0 unspecified atom stereocenters. The third kappa shape index (κ3) is 0.943. The Labute approximate surface area is 54.0 Å². The monoisotopic (exact) mass is 126 g/mol. The third-order valence-corrected chi connectivity index (χ3v) is 1.45. The Hall–Kier alpha value is -0.860. The van der Waals surface area contributed by atoms with Crippen molar-refractivity contribution in [2.45, 2.75) is 20.3 Å². The van der Waals surface area contributed by atoms with Crippen molar-refractivity contribution in [2.24, 2.45) is 16.1 Å². The van der Waals surface area contributed by atoms with Gasteiger partial charge in [0, 0.05) is 6.42 Å². The fourth-order valence-electron chi connectivity index (χ4n) is 0.850. The van der Waals surface area contributed by atoms with Gasteiger partial charge in [-0.15, -0.1) is 0 Å².